The number of aryl methyl sites for hydroxylation is 1. The van der Waals surface area contributed by atoms with E-state index < -0.39 is 40.2 Å². The third-order valence-electron chi connectivity index (χ3n) is 7.37. The first-order valence-electron chi connectivity index (χ1n) is 14.8. The number of sulfonamides is 1. The van der Waals surface area contributed by atoms with Gasteiger partial charge in [0, 0.05) is 19.5 Å². The predicted octanol–water partition coefficient (Wildman–Crippen LogP) is 6.02. The van der Waals surface area contributed by atoms with Gasteiger partial charge in [0.05, 0.1) is 10.6 Å². The molecule has 4 aromatic rings. The maximum atomic E-state index is 14.4. The monoisotopic (exact) mass is 633 g/mol. The number of benzene rings is 4. The Hall–Kier alpha value is -4.57. The average molecular weight is 634 g/mol. The van der Waals surface area contributed by atoms with Gasteiger partial charge in [-0.3, -0.25) is 13.9 Å². The maximum absolute atomic E-state index is 14.4. The molecule has 236 valence electrons. The Morgan fingerprint density at radius 3 is 2.00 bits per heavy atom. The summed E-state index contributed by atoms with van der Waals surface area (Å²) in [6, 6.07) is 24.8. The molecule has 0 aromatic heterocycles. The highest BCUT2D eigenvalue weighted by molar-refractivity contribution is 7.92. The van der Waals surface area contributed by atoms with Gasteiger partial charge in [-0.05, 0) is 73.0 Å². The van der Waals surface area contributed by atoms with Gasteiger partial charge in [-0.25, -0.2) is 17.2 Å². The molecule has 1 atom stereocenters. The molecule has 0 saturated carbocycles. The van der Waals surface area contributed by atoms with E-state index in [-0.39, 0.29) is 29.5 Å². The Morgan fingerprint density at radius 1 is 0.800 bits per heavy atom. The smallest absolute Gasteiger partial charge is 0.264 e. The summed E-state index contributed by atoms with van der Waals surface area (Å²) < 4.78 is 56.4. The topological polar surface area (TPSA) is 86.8 Å². The molecule has 10 heteroatoms. The highest BCUT2D eigenvalue weighted by atomic mass is 32.2. The minimum Gasteiger partial charge on any atom is -0.354 e. The number of carbonyl (C=O) groups is 2. The molecule has 1 N–H and O–H groups in total. The molecule has 0 aliphatic heterocycles. The van der Waals surface area contributed by atoms with Crippen molar-refractivity contribution >= 4 is 27.5 Å². The minimum atomic E-state index is -4.34. The second kappa shape index (κ2) is 15.4. The summed E-state index contributed by atoms with van der Waals surface area (Å²) in [5.74, 6) is -2.08. The Kier molecular flexibility index (Phi) is 11.4. The zero-order valence-electron chi connectivity index (χ0n) is 25.3. The number of halogens is 2. The minimum absolute atomic E-state index is 0.0733. The molecule has 0 fully saturated rings. The second-order valence-corrected chi connectivity index (χ2v) is 12.7. The van der Waals surface area contributed by atoms with E-state index in [2.05, 4.69) is 5.32 Å². The van der Waals surface area contributed by atoms with Crippen LogP contribution in [0.5, 0.6) is 0 Å². The van der Waals surface area contributed by atoms with Crippen LogP contribution in [0.15, 0.2) is 108 Å². The van der Waals surface area contributed by atoms with Crippen molar-refractivity contribution in [2.45, 2.75) is 50.6 Å². The summed E-state index contributed by atoms with van der Waals surface area (Å²) >= 11 is 0. The first-order chi connectivity index (χ1) is 21.6. The van der Waals surface area contributed by atoms with Crippen LogP contribution in [0.4, 0.5) is 14.5 Å². The van der Waals surface area contributed by atoms with Crippen molar-refractivity contribution in [1.82, 2.24) is 10.2 Å². The van der Waals surface area contributed by atoms with Crippen LogP contribution in [0.25, 0.3) is 0 Å². The predicted molar refractivity (Wildman–Crippen MR) is 171 cm³/mol. The molecule has 7 nitrogen and oxygen atoms in total. The molecule has 0 heterocycles. The standard InChI is InChI=1S/C35H37F2N3O4S/c1-3-4-22-38-35(42)33(23-27-8-6-5-7-9-27)39(24-28-12-14-29(36)15-13-28)34(41)25-40(31-18-10-26(2)11-19-31)45(43,44)32-20-16-30(37)17-21-32/h5-21,33H,3-4,22-25H2,1-2H3,(H,38,42)/t33-/m0/s1. The first kappa shape index (κ1) is 33.3. The van der Waals surface area contributed by atoms with Crippen molar-refractivity contribution in [1.29, 1.82) is 0 Å². The van der Waals surface area contributed by atoms with Crippen LogP contribution >= 0.6 is 0 Å². The molecule has 0 saturated heterocycles. The van der Waals surface area contributed by atoms with E-state index in [1.54, 1.807) is 24.3 Å². The lowest BCUT2D eigenvalue weighted by Crippen LogP contribution is -2.53. The maximum Gasteiger partial charge on any atom is 0.264 e. The van der Waals surface area contributed by atoms with E-state index in [9.17, 15) is 26.8 Å². The van der Waals surface area contributed by atoms with E-state index in [1.165, 1.54) is 29.2 Å². The third-order valence-corrected chi connectivity index (χ3v) is 9.16. The molecule has 45 heavy (non-hydrogen) atoms. The molecule has 4 aromatic carbocycles. The molecular weight excluding hydrogens is 596 g/mol. The number of nitrogens with zero attached hydrogens (tertiary/aromatic N) is 2. The van der Waals surface area contributed by atoms with Crippen molar-refractivity contribution < 1.29 is 26.8 Å². The van der Waals surface area contributed by atoms with Crippen LogP contribution in [-0.4, -0.2) is 44.3 Å². The van der Waals surface area contributed by atoms with Crippen LogP contribution in [0.3, 0.4) is 0 Å². The Labute approximate surface area is 263 Å². The fourth-order valence-electron chi connectivity index (χ4n) is 4.82. The number of amides is 2. The van der Waals surface area contributed by atoms with Crippen LogP contribution in [0.2, 0.25) is 0 Å². The first-order valence-corrected chi connectivity index (χ1v) is 16.2. The van der Waals surface area contributed by atoms with Gasteiger partial charge in [0.1, 0.15) is 24.2 Å². The van der Waals surface area contributed by atoms with Crippen molar-refractivity contribution in [2.24, 2.45) is 0 Å². The summed E-state index contributed by atoms with van der Waals surface area (Å²) in [7, 11) is -4.34. The van der Waals surface area contributed by atoms with Crippen LogP contribution in [0.1, 0.15) is 36.5 Å². The van der Waals surface area contributed by atoms with E-state index in [4.69, 9.17) is 0 Å². The normalized spacial score (nSPS) is 11.9. The molecule has 0 bridgehead atoms. The highest BCUT2D eigenvalue weighted by Gasteiger charge is 2.34. The molecule has 0 unspecified atom stereocenters. The third kappa shape index (κ3) is 8.98. The van der Waals surface area contributed by atoms with E-state index in [0.717, 1.165) is 52.5 Å². The Balaban J connectivity index is 1.78. The number of anilines is 1. The number of hydrogen-bond donors (Lipinski definition) is 1. The van der Waals surface area contributed by atoms with Gasteiger partial charge in [-0.15, -0.1) is 0 Å². The number of hydrogen-bond acceptors (Lipinski definition) is 4. The van der Waals surface area contributed by atoms with Crippen molar-refractivity contribution in [3.8, 4) is 0 Å². The Bertz CT molecular complexity index is 1670. The number of carbonyl (C=O) groups excluding carboxylic acids is 2. The fraction of sp³-hybridized carbons (Fsp3) is 0.257. The summed E-state index contributed by atoms with van der Waals surface area (Å²) in [6.07, 6.45) is 1.77. The van der Waals surface area contributed by atoms with Crippen LogP contribution in [0, 0.1) is 18.6 Å². The molecule has 0 spiro atoms. The quantitative estimate of drug-likeness (QED) is 0.172. The molecular formula is C35H37F2N3O4S. The van der Waals surface area contributed by atoms with Gasteiger partial charge in [0.25, 0.3) is 10.0 Å². The SMILES string of the molecule is CCCCNC(=O)[C@H](Cc1ccccc1)N(Cc1ccc(F)cc1)C(=O)CN(c1ccc(C)cc1)S(=O)(=O)c1ccc(F)cc1. The Morgan fingerprint density at radius 2 is 1.40 bits per heavy atom. The van der Waals surface area contributed by atoms with Crippen LogP contribution < -0.4 is 9.62 Å². The lowest BCUT2D eigenvalue weighted by molar-refractivity contribution is -0.140. The summed E-state index contributed by atoms with van der Waals surface area (Å²) in [4.78, 5) is 29.2. The summed E-state index contributed by atoms with van der Waals surface area (Å²) in [5.41, 5.74) is 2.48. The highest BCUT2D eigenvalue weighted by Crippen LogP contribution is 2.26. The van der Waals surface area contributed by atoms with E-state index in [1.807, 2.05) is 44.2 Å². The average Bonchev–Trinajstić information content (AvgIpc) is 3.03. The second-order valence-electron chi connectivity index (χ2n) is 10.8. The fourth-order valence-corrected chi connectivity index (χ4v) is 6.23. The van der Waals surface area contributed by atoms with Gasteiger partial charge in [0.2, 0.25) is 11.8 Å². The molecule has 0 aliphatic carbocycles. The molecule has 0 aliphatic rings. The van der Waals surface area contributed by atoms with Gasteiger partial charge < -0.3 is 10.2 Å². The lowest BCUT2D eigenvalue weighted by Gasteiger charge is -2.34. The van der Waals surface area contributed by atoms with Gasteiger partial charge in [-0.2, -0.15) is 0 Å². The van der Waals surface area contributed by atoms with Gasteiger partial charge in [0.15, 0.2) is 0 Å². The number of nitrogens with one attached hydrogen (secondary N) is 1. The zero-order chi connectivity index (χ0) is 32.4. The summed E-state index contributed by atoms with van der Waals surface area (Å²) in [6.45, 7) is 3.55. The van der Waals surface area contributed by atoms with Crippen molar-refractivity contribution in [2.75, 3.05) is 17.4 Å². The molecule has 0 radical (unpaired) electrons. The largest absolute Gasteiger partial charge is 0.354 e. The van der Waals surface area contributed by atoms with E-state index >= 15 is 0 Å². The zero-order valence-corrected chi connectivity index (χ0v) is 26.1. The van der Waals surface area contributed by atoms with Crippen LogP contribution in [-0.2, 0) is 32.6 Å². The van der Waals surface area contributed by atoms with Gasteiger partial charge >= 0.3 is 0 Å². The number of unbranched alkanes of at least 4 members (excludes halogenated alkanes) is 1. The number of rotatable bonds is 14. The van der Waals surface area contributed by atoms with Crippen molar-refractivity contribution in [3.63, 3.8) is 0 Å². The van der Waals surface area contributed by atoms with E-state index in [0.29, 0.717) is 12.1 Å². The van der Waals surface area contributed by atoms with Gasteiger partial charge in [-0.1, -0.05) is 73.5 Å². The lowest BCUT2D eigenvalue weighted by atomic mass is 10.0. The molecule has 2 amide bonds. The molecule has 4 rings (SSSR count). The van der Waals surface area contributed by atoms with Crippen molar-refractivity contribution in [3.05, 3.63) is 131 Å². The summed E-state index contributed by atoms with van der Waals surface area (Å²) in [5, 5.41) is 2.93.